The number of ketones is 1. The Labute approximate surface area is 109 Å². The average Bonchev–Trinajstić information content (AvgIpc) is 2.38. The third-order valence-corrected chi connectivity index (χ3v) is 2.71. The van der Waals surface area contributed by atoms with Crippen LogP contribution in [0.25, 0.3) is 0 Å². The maximum absolute atomic E-state index is 12.5. The number of carbonyl (C=O) groups excluding carboxylic acids is 2. The summed E-state index contributed by atoms with van der Waals surface area (Å²) >= 11 is 0. The van der Waals surface area contributed by atoms with E-state index in [-0.39, 0.29) is 5.56 Å². The fourth-order valence-electron chi connectivity index (χ4n) is 1.70. The number of nitrogens with zero attached hydrogens (tertiary/aromatic N) is 1. The molecule has 0 N–H and O–H groups in total. The molecule has 0 radical (unpaired) electrons. The summed E-state index contributed by atoms with van der Waals surface area (Å²) in [4.78, 5) is 24.7. The summed E-state index contributed by atoms with van der Waals surface area (Å²) < 4.78 is 37.4. The molecular formula is C13H14F3NO2. The zero-order valence-corrected chi connectivity index (χ0v) is 10.6. The second-order valence-corrected chi connectivity index (χ2v) is 3.85. The van der Waals surface area contributed by atoms with E-state index in [1.165, 1.54) is 23.1 Å². The van der Waals surface area contributed by atoms with Gasteiger partial charge in [-0.05, 0) is 19.9 Å². The third-order valence-electron chi connectivity index (χ3n) is 2.71. The number of benzene rings is 1. The van der Waals surface area contributed by atoms with Gasteiger partial charge in [0.25, 0.3) is 11.7 Å². The van der Waals surface area contributed by atoms with E-state index >= 15 is 0 Å². The molecule has 6 heteroatoms. The van der Waals surface area contributed by atoms with Crippen LogP contribution in [0.4, 0.5) is 13.2 Å². The number of hydrogen-bond donors (Lipinski definition) is 0. The van der Waals surface area contributed by atoms with Crippen LogP contribution in [0, 0.1) is 0 Å². The minimum atomic E-state index is -4.99. The van der Waals surface area contributed by atoms with Crippen LogP contribution in [0.5, 0.6) is 0 Å². The first-order valence-electron chi connectivity index (χ1n) is 5.82. The Hall–Kier alpha value is -1.85. The minimum Gasteiger partial charge on any atom is -0.339 e. The van der Waals surface area contributed by atoms with E-state index in [0.717, 1.165) is 6.07 Å². The largest absolute Gasteiger partial charge is 0.454 e. The van der Waals surface area contributed by atoms with Crippen LogP contribution in [0.15, 0.2) is 24.3 Å². The van der Waals surface area contributed by atoms with E-state index in [1.807, 2.05) is 0 Å². The van der Waals surface area contributed by atoms with Crippen LogP contribution in [0.3, 0.4) is 0 Å². The first-order valence-corrected chi connectivity index (χ1v) is 5.82. The van der Waals surface area contributed by atoms with Crippen molar-refractivity contribution in [1.29, 1.82) is 0 Å². The lowest BCUT2D eigenvalue weighted by Gasteiger charge is -2.20. The van der Waals surface area contributed by atoms with E-state index < -0.39 is 23.4 Å². The van der Waals surface area contributed by atoms with Crippen molar-refractivity contribution in [3.8, 4) is 0 Å². The minimum absolute atomic E-state index is 0.214. The molecule has 0 aliphatic heterocycles. The molecule has 3 nitrogen and oxygen atoms in total. The molecule has 0 atom stereocenters. The van der Waals surface area contributed by atoms with E-state index in [4.69, 9.17) is 0 Å². The van der Waals surface area contributed by atoms with Crippen LogP contribution in [-0.4, -0.2) is 35.9 Å². The molecular weight excluding hydrogens is 259 g/mol. The highest BCUT2D eigenvalue weighted by atomic mass is 19.4. The number of amides is 1. The Kier molecular flexibility index (Phi) is 4.69. The van der Waals surface area contributed by atoms with Crippen LogP contribution >= 0.6 is 0 Å². The highest BCUT2D eigenvalue weighted by molar-refractivity contribution is 6.10. The summed E-state index contributed by atoms with van der Waals surface area (Å²) in [6.45, 7) is 4.17. The van der Waals surface area contributed by atoms with Gasteiger partial charge in [0.2, 0.25) is 0 Å². The molecule has 1 rings (SSSR count). The van der Waals surface area contributed by atoms with Crippen molar-refractivity contribution in [1.82, 2.24) is 4.90 Å². The van der Waals surface area contributed by atoms with E-state index in [2.05, 4.69) is 0 Å². The maximum atomic E-state index is 12.5. The highest BCUT2D eigenvalue weighted by Gasteiger charge is 2.41. The molecule has 0 saturated heterocycles. The number of hydrogen-bond acceptors (Lipinski definition) is 2. The fraction of sp³-hybridized carbons (Fsp3) is 0.385. The number of rotatable bonds is 4. The van der Waals surface area contributed by atoms with Crippen molar-refractivity contribution in [3.05, 3.63) is 35.4 Å². The lowest BCUT2D eigenvalue weighted by molar-refractivity contribution is -0.0885. The van der Waals surface area contributed by atoms with Crippen molar-refractivity contribution >= 4 is 11.7 Å². The predicted octanol–water partition coefficient (Wildman–Crippen LogP) is 2.91. The second-order valence-electron chi connectivity index (χ2n) is 3.85. The van der Waals surface area contributed by atoms with Crippen LogP contribution in [0.1, 0.15) is 34.6 Å². The van der Waals surface area contributed by atoms with E-state index in [0.29, 0.717) is 13.1 Å². The quantitative estimate of drug-likeness (QED) is 0.791. The summed E-state index contributed by atoms with van der Waals surface area (Å²) in [5.41, 5.74) is -0.819. The average molecular weight is 273 g/mol. The Bertz CT molecular complexity index is 479. The molecule has 0 aliphatic carbocycles. The summed E-state index contributed by atoms with van der Waals surface area (Å²) in [6, 6.07) is 4.99. The zero-order chi connectivity index (χ0) is 14.6. The SMILES string of the molecule is CCN(CC)C(=O)c1ccccc1C(=O)C(F)(F)F. The molecule has 1 aromatic rings. The normalized spacial score (nSPS) is 11.2. The van der Waals surface area contributed by atoms with Gasteiger partial charge in [0.1, 0.15) is 0 Å². The van der Waals surface area contributed by atoms with Crippen LogP contribution in [-0.2, 0) is 0 Å². The Morgan fingerprint density at radius 1 is 1.05 bits per heavy atom. The zero-order valence-electron chi connectivity index (χ0n) is 10.6. The fourth-order valence-corrected chi connectivity index (χ4v) is 1.70. The van der Waals surface area contributed by atoms with Gasteiger partial charge in [-0.3, -0.25) is 9.59 Å². The first kappa shape index (κ1) is 15.2. The molecule has 0 fully saturated rings. The molecule has 0 heterocycles. The lowest BCUT2D eigenvalue weighted by atomic mass is 10.0. The molecule has 0 bridgehead atoms. The lowest BCUT2D eigenvalue weighted by Crippen LogP contribution is -2.33. The molecule has 1 amide bonds. The van der Waals surface area contributed by atoms with Gasteiger partial charge in [0.05, 0.1) is 5.56 Å². The molecule has 104 valence electrons. The van der Waals surface area contributed by atoms with Gasteiger partial charge in [0.15, 0.2) is 0 Å². The highest BCUT2D eigenvalue weighted by Crippen LogP contribution is 2.24. The van der Waals surface area contributed by atoms with Crippen LogP contribution in [0.2, 0.25) is 0 Å². The van der Waals surface area contributed by atoms with E-state index in [1.54, 1.807) is 13.8 Å². The molecule has 19 heavy (non-hydrogen) atoms. The van der Waals surface area contributed by atoms with Crippen molar-refractivity contribution in [2.45, 2.75) is 20.0 Å². The number of halogens is 3. The molecule has 0 spiro atoms. The first-order chi connectivity index (χ1) is 8.82. The molecule has 0 saturated carbocycles. The number of Topliss-reactive ketones (excluding diaryl/α,β-unsaturated/α-hetero) is 1. The van der Waals surface area contributed by atoms with Crippen LogP contribution < -0.4 is 0 Å². The smallest absolute Gasteiger partial charge is 0.339 e. The summed E-state index contributed by atoms with van der Waals surface area (Å²) in [5, 5.41) is 0. The van der Waals surface area contributed by atoms with Gasteiger partial charge >= 0.3 is 6.18 Å². The van der Waals surface area contributed by atoms with Gasteiger partial charge in [-0.2, -0.15) is 13.2 Å². The van der Waals surface area contributed by atoms with Crippen molar-refractivity contribution < 1.29 is 22.8 Å². The Morgan fingerprint density at radius 2 is 1.53 bits per heavy atom. The van der Waals surface area contributed by atoms with Crippen molar-refractivity contribution in [3.63, 3.8) is 0 Å². The molecule has 0 aromatic heterocycles. The Balaban J connectivity index is 3.24. The number of alkyl halides is 3. The topological polar surface area (TPSA) is 37.4 Å². The maximum Gasteiger partial charge on any atom is 0.454 e. The number of carbonyl (C=O) groups is 2. The van der Waals surface area contributed by atoms with E-state index in [9.17, 15) is 22.8 Å². The monoisotopic (exact) mass is 273 g/mol. The standard InChI is InChI=1S/C13H14F3NO2/c1-3-17(4-2)12(19)10-8-6-5-7-9(10)11(18)13(14,15)16/h5-8H,3-4H2,1-2H3. The van der Waals surface area contributed by atoms with Crippen molar-refractivity contribution in [2.24, 2.45) is 0 Å². The summed E-state index contributed by atoms with van der Waals surface area (Å²) in [7, 11) is 0. The van der Waals surface area contributed by atoms with Gasteiger partial charge in [-0.25, -0.2) is 0 Å². The molecule has 1 aromatic carbocycles. The second kappa shape index (κ2) is 5.86. The Morgan fingerprint density at radius 3 is 1.95 bits per heavy atom. The van der Waals surface area contributed by atoms with Gasteiger partial charge < -0.3 is 4.90 Å². The predicted molar refractivity (Wildman–Crippen MR) is 64.1 cm³/mol. The summed E-state index contributed by atoms with van der Waals surface area (Å²) in [6.07, 6.45) is -4.99. The molecule has 0 unspecified atom stereocenters. The van der Waals surface area contributed by atoms with Crippen molar-refractivity contribution in [2.75, 3.05) is 13.1 Å². The van der Waals surface area contributed by atoms with Gasteiger partial charge in [0, 0.05) is 18.7 Å². The summed E-state index contributed by atoms with van der Waals surface area (Å²) in [5.74, 6) is -2.57. The van der Waals surface area contributed by atoms with Gasteiger partial charge in [-0.15, -0.1) is 0 Å². The third kappa shape index (κ3) is 3.33. The van der Waals surface area contributed by atoms with Gasteiger partial charge in [-0.1, -0.05) is 18.2 Å². The molecule has 0 aliphatic rings.